The molecule has 13 heteroatoms. The summed E-state index contributed by atoms with van der Waals surface area (Å²) in [5, 5.41) is 15.0. The average molecular weight is 621 g/mol. The van der Waals surface area contributed by atoms with Crippen LogP contribution in [0.2, 0.25) is 5.02 Å². The van der Waals surface area contributed by atoms with Crippen LogP contribution in [0.4, 0.5) is 13.2 Å². The van der Waals surface area contributed by atoms with Gasteiger partial charge < -0.3 is 0 Å². The van der Waals surface area contributed by atoms with Gasteiger partial charge in [0.15, 0.2) is 0 Å². The molecule has 1 heterocycles. The molecule has 1 aliphatic rings. The summed E-state index contributed by atoms with van der Waals surface area (Å²) in [6.07, 6.45) is -3.86. The predicted octanol–water partition coefficient (Wildman–Crippen LogP) is 6.35. The Kier molecular flexibility index (Phi) is 9.63. The minimum Gasteiger partial charge on any atom is -0.251 e. The number of halogens is 4. The average Bonchev–Trinajstić information content (AvgIpc) is 2.96. The Morgan fingerprint density at radius 2 is 1.73 bits per heavy atom. The number of nitriles is 1. The van der Waals surface area contributed by atoms with E-state index in [1.54, 1.807) is 24.3 Å². The van der Waals surface area contributed by atoms with E-state index in [-0.39, 0.29) is 36.2 Å². The third kappa shape index (κ3) is 7.61. The van der Waals surface area contributed by atoms with Crippen molar-refractivity contribution < 1.29 is 25.8 Å². The highest BCUT2D eigenvalue weighted by molar-refractivity contribution is 8.02. The molecule has 0 bridgehead atoms. The number of unbranched alkanes of at least 4 members (excludes halogenated alkanes) is 1. The van der Waals surface area contributed by atoms with Crippen LogP contribution in [-0.4, -0.2) is 40.8 Å². The molecule has 214 valence electrons. The number of amidine groups is 1. The molecule has 0 spiro atoms. The van der Waals surface area contributed by atoms with Gasteiger partial charge in [0.05, 0.1) is 33.0 Å². The molecule has 0 aliphatic carbocycles. The van der Waals surface area contributed by atoms with Crippen molar-refractivity contribution >= 4 is 43.3 Å². The summed E-state index contributed by atoms with van der Waals surface area (Å²) < 4.78 is 82.7. The van der Waals surface area contributed by atoms with Crippen molar-refractivity contribution in [1.82, 2.24) is 5.01 Å². The predicted molar refractivity (Wildman–Crippen MR) is 152 cm³/mol. The maximum absolute atomic E-state index is 13.4. The van der Waals surface area contributed by atoms with Crippen LogP contribution in [0.3, 0.4) is 0 Å². The van der Waals surface area contributed by atoms with Gasteiger partial charge in [-0.2, -0.15) is 32.0 Å². The van der Waals surface area contributed by atoms with E-state index in [1.807, 2.05) is 36.4 Å². The molecule has 0 saturated heterocycles. The van der Waals surface area contributed by atoms with Crippen LogP contribution < -0.4 is 0 Å². The lowest BCUT2D eigenvalue weighted by molar-refractivity contribution is -0.137. The number of rotatable bonds is 7. The molecule has 0 saturated carbocycles. The van der Waals surface area contributed by atoms with Crippen LogP contribution in [0, 0.1) is 11.3 Å². The van der Waals surface area contributed by atoms with Gasteiger partial charge >= 0.3 is 6.18 Å². The second-order valence-electron chi connectivity index (χ2n) is 9.05. The Hall–Kier alpha value is -3.53. The van der Waals surface area contributed by atoms with E-state index < -0.39 is 37.5 Å². The fraction of sp³-hybridized carbons (Fsp3) is 0.250. The van der Waals surface area contributed by atoms with Crippen LogP contribution in [0.5, 0.6) is 0 Å². The third-order valence-electron chi connectivity index (χ3n) is 6.25. The summed E-state index contributed by atoms with van der Waals surface area (Å²) in [4.78, 5) is -0.488. The summed E-state index contributed by atoms with van der Waals surface area (Å²) in [7, 11) is -6.55. The molecule has 3 aromatic rings. The van der Waals surface area contributed by atoms with Gasteiger partial charge in [-0.25, -0.2) is 5.01 Å². The number of sulfonamides is 1. The Balaban J connectivity index is 1.79. The van der Waals surface area contributed by atoms with Crippen molar-refractivity contribution in [2.45, 2.75) is 36.3 Å². The van der Waals surface area contributed by atoms with Crippen LogP contribution >= 0.6 is 11.6 Å². The zero-order valence-electron chi connectivity index (χ0n) is 21.5. The number of benzene rings is 3. The fourth-order valence-corrected chi connectivity index (χ4v) is 6.81. The molecule has 0 N–H and O–H groups in total. The highest BCUT2D eigenvalue weighted by Crippen LogP contribution is 2.32. The number of hydrogen-bond acceptors (Lipinski definition) is 5. The molecule has 0 radical (unpaired) electrons. The smallest absolute Gasteiger partial charge is 0.251 e. The van der Waals surface area contributed by atoms with Gasteiger partial charge in [0.25, 0.3) is 10.0 Å². The van der Waals surface area contributed by atoms with Crippen molar-refractivity contribution in [3.05, 3.63) is 101 Å². The van der Waals surface area contributed by atoms with E-state index in [0.29, 0.717) is 34.9 Å². The quantitative estimate of drug-likeness (QED) is 0.174. The Morgan fingerprint density at radius 1 is 1.07 bits per heavy atom. The molecule has 0 fully saturated rings. The first-order valence-corrected chi connectivity index (χ1v) is 15.6. The molecule has 41 heavy (non-hydrogen) atoms. The van der Waals surface area contributed by atoms with Crippen LogP contribution in [-0.2, 0) is 27.0 Å². The Morgan fingerprint density at radius 3 is 2.34 bits per heavy atom. The van der Waals surface area contributed by atoms with Crippen molar-refractivity contribution in [2.75, 3.05) is 12.3 Å². The summed E-state index contributed by atoms with van der Waals surface area (Å²) in [5.74, 6) is -0.229. The first-order valence-electron chi connectivity index (χ1n) is 12.4. The molecular formula is C28H24ClF3N4O3S2. The fourth-order valence-electron chi connectivity index (χ4n) is 4.22. The molecule has 7 nitrogen and oxygen atoms in total. The van der Waals surface area contributed by atoms with E-state index in [1.165, 1.54) is 5.01 Å². The second-order valence-corrected chi connectivity index (χ2v) is 12.6. The summed E-state index contributed by atoms with van der Waals surface area (Å²) in [6, 6.07) is 21.4. The number of nitrogens with zero attached hydrogens (tertiary/aromatic N) is 4. The van der Waals surface area contributed by atoms with Crippen molar-refractivity contribution in [1.29, 1.82) is 5.26 Å². The highest BCUT2D eigenvalue weighted by Gasteiger charge is 2.33. The van der Waals surface area contributed by atoms with Gasteiger partial charge in [0.2, 0.25) is 5.17 Å². The zero-order chi connectivity index (χ0) is 29.6. The van der Waals surface area contributed by atoms with E-state index in [9.17, 15) is 25.8 Å². The van der Waals surface area contributed by atoms with Crippen LogP contribution in [0.15, 0.2) is 93.3 Å². The Labute approximate surface area is 243 Å². The number of alkyl halides is 3. The summed E-state index contributed by atoms with van der Waals surface area (Å²) in [5.41, 5.74) is 1.26. The first kappa shape index (κ1) is 30.4. The van der Waals surface area contributed by atoms with Crippen LogP contribution in [0.1, 0.15) is 41.9 Å². The monoisotopic (exact) mass is 620 g/mol. The van der Waals surface area contributed by atoms with Gasteiger partial charge in [0, 0.05) is 29.7 Å². The van der Waals surface area contributed by atoms with E-state index >= 15 is 0 Å². The summed E-state index contributed by atoms with van der Waals surface area (Å²) in [6.45, 7) is 0.169. The SMILES string of the molecule is N#CCCCS(=O)/C(=N\S(=O)(=O)c1ccc(C(F)(F)F)cc1)N1CCC(c2ccccc2)C(c2ccc(Cl)cc2)=N1. The minimum absolute atomic E-state index is 0.0562. The van der Waals surface area contributed by atoms with Gasteiger partial charge in [-0.05, 0) is 60.4 Å². The van der Waals surface area contributed by atoms with Gasteiger partial charge in [0.1, 0.15) is 0 Å². The lowest BCUT2D eigenvalue weighted by Crippen LogP contribution is -2.38. The van der Waals surface area contributed by atoms with Gasteiger partial charge in [-0.1, -0.05) is 54.1 Å². The van der Waals surface area contributed by atoms with Gasteiger partial charge in [-0.3, -0.25) is 4.21 Å². The summed E-state index contributed by atoms with van der Waals surface area (Å²) >= 11 is 6.09. The standard InChI is InChI=1S/C28H24ClF3N4O3S2/c29-23-12-8-21(9-13-23)26-25(20-6-2-1-3-7-20)16-18-36(34-26)27(40(37)19-5-4-17-33)35-41(38,39)24-14-10-22(11-15-24)28(30,31)32/h1-3,6-15,25H,4-5,16,18-19H2/b35-27-. The third-order valence-corrected chi connectivity index (χ3v) is 9.27. The molecule has 2 unspecified atom stereocenters. The maximum atomic E-state index is 13.4. The maximum Gasteiger partial charge on any atom is 0.416 e. The van der Waals surface area contributed by atoms with E-state index in [4.69, 9.17) is 22.0 Å². The largest absolute Gasteiger partial charge is 0.416 e. The lowest BCUT2D eigenvalue weighted by Gasteiger charge is -2.31. The molecule has 1 aliphatic heterocycles. The number of hydrazone groups is 1. The lowest BCUT2D eigenvalue weighted by atomic mass is 9.86. The minimum atomic E-state index is -4.64. The number of hydrogen-bond donors (Lipinski definition) is 0. The van der Waals surface area contributed by atoms with E-state index in [2.05, 4.69) is 4.40 Å². The second kappa shape index (κ2) is 13.0. The highest BCUT2D eigenvalue weighted by atomic mass is 35.5. The molecular weight excluding hydrogens is 597 g/mol. The van der Waals surface area contributed by atoms with Crippen molar-refractivity contribution in [3.63, 3.8) is 0 Å². The zero-order valence-corrected chi connectivity index (χ0v) is 23.8. The topological polar surface area (TPSA) is 103 Å². The molecule has 2 atom stereocenters. The molecule has 0 aromatic heterocycles. The molecule has 0 amide bonds. The van der Waals surface area contributed by atoms with E-state index in [0.717, 1.165) is 17.7 Å². The normalized spacial score (nSPS) is 17.0. The van der Waals surface area contributed by atoms with Crippen molar-refractivity contribution in [3.8, 4) is 6.07 Å². The van der Waals surface area contributed by atoms with Gasteiger partial charge in [-0.15, -0.1) is 4.40 Å². The first-order chi connectivity index (χ1) is 19.5. The van der Waals surface area contributed by atoms with Crippen LogP contribution in [0.25, 0.3) is 0 Å². The van der Waals surface area contributed by atoms with Crippen molar-refractivity contribution in [2.24, 2.45) is 9.50 Å². The Bertz CT molecular complexity index is 1600. The molecule has 4 rings (SSSR count). The molecule has 3 aromatic carbocycles.